The molecule has 0 aromatic heterocycles. The average molecular weight is 270 g/mol. The van der Waals surface area contributed by atoms with Crippen LogP contribution in [-0.4, -0.2) is 53.6 Å². The molecule has 0 saturated heterocycles. The molecule has 0 fully saturated rings. The monoisotopic (exact) mass is 270 g/mol. The van der Waals surface area contributed by atoms with Gasteiger partial charge in [0.05, 0.1) is 25.2 Å². The van der Waals surface area contributed by atoms with Crippen molar-refractivity contribution in [3.05, 3.63) is 36.5 Å². The molecule has 1 rings (SSSR count). The van der Waals surface area contributed by atoms with Gasteiger partial charge in [0, 0.05) is 6.61 Å². The van der Waals surface area contributed by atoms with Crippen molar-refractivity contribution in [1.82, 2.24) is 0 Å². The standard InChI is InChI=1S/C14H22O5/c1-2-18-14-12(8-7-11(10-16)19-14)13(17)6-4-3-5-9-15/h3-8,11-17H,2,9-10H2,1H3/b5-3+,6-4-/t11-,12+,13+,14-/m1/s1. The van der Waals surface area contributed by atoms with Gasteiger partial charge in [0.2, 0.25) is 0 Å². The van der Waals surface area contributed by atoms with E-state index < -0.39 is 18.5 Å². The number of aliphatic hydroxyl groups is 3. The first kappa shape index (κ1) is 16.1. The number of allylic oxidation sites excluding steroid dienone is 2. The SMILES string of the molecule is CCO[C@@H]1O[C@@H](CO)C=C[C@H]1[C@@H](O)/C=C\C=C\CO. The smallest absolute Gasteiger partial charge is 0.167 e. The Morgan fingerprint density at radius 3 is 2.74 bits per heavy atom. The third-order valence-corrected chi connectivity index (χ3v) is 2.74. The second-order valence-electron chi connectivity index (χ2n) is 4.13. The summed E-state index contributed by atoms with van der Waals surface area (Å²) in [7, 11) is 0. The maximum absolute atomic E-state index is 10.1. The summed E-state index contributed by atoms with van der Waals surface area (Å²) in [5, 5.41) is 27.7. The van der Waals surface area contributed by atoms with Crippen LogP contribution in [0.3, 0.4) is 0 Å². The van der Waals surface area contributed by atoms with Gasteiger partial charge in [-0.2, -0.15) is 0 Å². The maximum Gasteiger partial charge on any atom is 0.167 e. The van der Waals surface area contributed by atoms with Crippen molar-refractivity contribution in [1.29, 1.82) is 0 Å². The Balaban J connectivity index is 2.66. The molecule has 0 bridgehead atoms. The molecule has 0 amide bonds. The fraction of sp³-hybridized carbons (Fsp3) is 0.571. The maximum atomic E-state index is 10.1. The predicted octanol–water partition coefficient (Wildman–Crippen LogP) is 0.378. The van der Waals surface area contributed by atoms with E-state index >= 15 is 0 Å². The lowest BCUT2D eigenvalue weighted by Gasteiger charge is -2.33. The lowest BCUT2D eigenvalue weighted by atomic mass is 9.97. The van der Waals surface area contributed by atoms with E-state index in [1.807, 2.05) is 6.92 Å². The fourth-order valence-corrected chi connectivity index (χ4v) is 1.79. The lowest BCUT2D eigenvalue weighted by Crippen LogP contribution is -2.40. The second kappa shape index (κ2) is 9.01. The van der Waals surface area contributed by atoms with Gasteiger partial charge in [-0.15, -0.1) is 0 Å². The molecule has 19 heavy (non-hydrogen) atoms. The van der Waals surface area contributed by atoms with Gasteiger partial charge in [-0.05, 0) is 6.92 Å². The van der Waals surface area contributed by atoms with Crippen molar-refractivity contribution in [2.45, 2.75) is 25.4 Å². The fourth-order valence-electron chi connectivity index (χ4n) is 1.79. The van der Waals surface area contributed by atoms with Crippen LogP contribution in [0.25, 0.3) is 0 Å². The Bertz CT molecular complexity index is 324. The zero-order chi connectivity index (χ0) is 14.1. The highest BCUT2D eigenvalue weighted by Gasteiger charge is 2.31. The van der Waals surface area contributed by atoms with Crippen LogP contribution in [0.4, 0.5) is 0 Å². The molecule has 0 aromatic carbocycles. The van der Waals surface area contributed by atoms with E-state index in [9.17, 15) is 5.11 Å². The normalized spacial score (nSPS) is 29.4. The van der Waals surface area contributed by atoms with Crippen LogP contribution in [-0.2, 0) is 9.47 Å². The summed E-state index contributed by atoms with van der Waals surface area (Å²) >= 11 is 0. The van der Waals surface area contributed by atoms with Gasteiger partial charge in [-0.1, -0.05) is 36.5 Å². The Morgan fingerprint density at radius 1 is 1.32 bits per heavy atom. The zero-order valence-corrected chi connectivity index (χ0v) is 11.1. The van der Waals surface area contributed by atoms with E-state index in [1.165, 1.54) is 0 Å². The molecule has 5 heteroatoms. The molecule has 1 aliphatic heterocycles. The number of hydrogen-bond acceptors (Lipinski definition) is 5. The van der Waals surface area contributed by atoms with E-state index in [0.717, 1.165) is 0 Å². The Hall–Kier alpha value is -0.980. The predicted molar refractivity (Wildman–Crippen MR) is 71.4 cm³/mol. The molecule has 0 spiro atoms. The van der Waals surface area contributed by atoms with Crippen LogP contribution in [0.1, 0.15) is 6.92 Å². The molecule has 1 aliphatic rings. The van der Waals surface area contributed by atoms with E-state index in [2.05, 4.69) is 0 Å². The summed E-state index contributed by atoms with van der Waals surface area (Å²) in [4.78, 5) is 0. The lowest BCUT2D eigenvalue weighted by molar-refractivity contribution is -0.201. The number of hydrogen-bond donors (Lipinski definition) is 3. The number of ether oxygens (including phenoxy) is 2. The van der Waals surface area contributed by atoms with Crippen LogP contribution >= 0.6 is 0 Å². The highest BCUT2D eigenvalue weighted by molar-refractivity contribution is 5.10. The largest absolute Gasteiger partial charge is 0.393 e. The third-order valence-electron chi connectivity index (χ3n) is 2.74. The van der Waals surface area contributed by atoms with Crippen LogP contribution in [0.2, 0.25) is 0 Å². The Labute approximate surface area is 113 Å². The highest BCUT2D eigenvalue weighted by atomic mass is 16.7. The molecule has 1 heterocycles. The van der Waals surface area contributed by atoms with Gasteiger partial charge in [-0.25, -0.2) is 0 Å². The van der Waals surface area contributed by atoms with Crippen molar-refractivity contribution in [3.8, 4) is 0 Å². The van der Waals surface area contributed by atoms with Gasteiger partial charge in [0.15, 0.2) is 6.29 Å². The molecule has 0 unspecified atom stereocenters. The molecular weight excluding hydrogens is 248 g/mol. The van der Waals surface area contributed by atoms with Crippen LogP contribution in [0.5, 0.6) is 0 Å². The first-order valence-corrected chi connectivity index (χ1v) is 6.41. The van der Waals surface area contributed by atoms with Crippen molar-refractivity contribution < 1.29 is 24.8 Å². The van der Waals surface area contributed by atoms with E-state index in [-0.39, 0.29) is 19.1 Å². The molecular formula is C14H22O5. The summed E-state index contributed by atoms with van der Waals surface area (Å²) in [6.45, 7) is 2.16. The number of aliphatic hydroxyl groups excluding tert-OH is 3. The molecule has 0 aromatic rings. The van der Waals surface area contributed by atoms with Crippen LogP contribution in [0, 0.1) is 5.92 Å². The van der Waals surface area contributed by atoms with Crippen molar-refractivity contribution in [2.24, 2.45) is 5.92 Å². The minimum atomic E-state index is -0.754. The first-order valence-electron chi connectivity index (χ1n) is 6.41. The average Bonchev–Trinajstić information content (AvgIpc) is 2.43. The molecule has 108 valence electrons. The summed E-state index contributed by atoms with van der Waals surface area (Å²) in [5.74, 6) is -0.318. The third kappa shape index (κ3) is 5.26. The van der Waals surface area contributed by atoms with Crippen molar-refractivity contribution in [2.75, 3.05) is 19.8 Å². The molecule has 0 radical (unpaired) electrons. The highest BCUT2D eigenvalue weighted by Crippen LogP contribution is 2.23. The van der Waals surface area contributed by atoms with Gasteiger partial charge in [0.1, 0.15) is 6.10 Å². The van der Waals surface area contributed by atoms with Crippen LogP contribution < -0.4 is 0 Å². The van der Waals surface area contributed by atoms with E-state index in [0.29, 0.717) is 6.61 Å². The van der Waals surface area contributed by atoms with E-state index in [1.54, 1.807) is 36.5 Å². The molecule has 3 N–H and O–H groups in total. The molecule has 5 nitrogen and oxygen atoms in total. The topological polar surface area (TPSA) is 79.2 Å². The molecule has 0 aliphatic carbocycles. The van der Waals surface area contributed by atoms with Crippen molar-refractivity contribution >= 4 is 0 Å². The minimum absolute atomic E-state index is 0.0351. The molecule has 0 saturated carbocycles. The summed E-state index contributed by atoms with van der Waals surface area (Å²) in [6.07, 6.45) is 8.30. The van der Waals surface area contributed by atoms with Gasteiger partial charge >= 0.3 is 0 Å². The van der Waals surface area contributed by atoms with Crippen molar-refractivity contribution in [3.63, 3.8) is 0 Å². The quantitative estimate of drug-likeness (QED) is 0.460. The van der Waals surface area contributed by atoms with Gasteiger partial charge < -0.3 is 24.8 Å². The summed E-state index contributed by atoms with van der Waals surface area (Å²) < 4.78 is 11.0. The van der Waals surface area contributed by atoms with Gasteiger partial charge in [0.25, 0.3) is 0 Å². The Kier molecular flexibility index (Phi) is 7.62. The van der Waals surface area contributed by atoms with E-state index in [4.69, 9.17) is 19.7 Å². The summed E-state index contributed by atoms with van der Waals surface area (Å²) in [6, 6.07) is 0. The zero-order valence-electron chi connectivity index (χ0n) is 11.1. The van der Waals surface area contributed by atoms with Gasteiger partial charge in [-0.3, -0.25) is 0 Å². The van der Waals surface area contributed by atoms with Crippen LogP contribution in [0.15, 0.2) is 36.5 Å². The molecule has 4 atom stereocenters. The minimum Gasteiger partial charge on any atom is -0.393 e. The summed E-state index contributed by atoms with van der Waals surface area (Å²) in [5.41, 5.74) is 0. The first-order chi connectivity index (χ1) is 9.22. The Morgan fingerprint density at radius 2 is 2.11 bits per heavy atom. The number of rotatable bonds is 7. The second-order valence-corrected chi connectivity index (χ2v) is 4.13.